The van der Waals surface area contributed by atoms with E-state index in [1.807, 2.05) is 24.3 Å². The molecule has 3 N–H and O–H groups in total. The lowest BCUT2D eigenvalue weighted by molar-refractivity contribution is 0.1000. The molecule has 0 fully saturated rings. The topological polar surface area (TPSA) is 63.3 Å². The van der Waals surface area contributed by atoms with Gasteiger partial charge in [0.05, 0.1) is 0 Å². The molecule has 19 heavy (non-hydrogen) atoms. The van der Waals surface area contributed by atoms with Crippen molar-refractivity contribution in [2.75, 3.05) is 0 Å². The van der Waals surface area contributed by atoms with Gasteiger partial charge < -0.3 is 10.8 Å². The van der Waals surface area contributed by atoms with Gasteiger partial charge in [0.15, 0.2) is 0 Å². The van der Waals surface area contributed by atoms with E-state index in [-0.39, 0.29) is 0 Å². The first-order valence-corrected chi connectivity index (χ1v) is 5.92. The molecule has 1 amide bonds. The van der Waals surface area contributed by atoms with Crippen molar-refractivity contribution in [1.29, 1.82) is 0 Å². The van der Waals surface area contributed by atoms with E-state index >= 15 is 0 Å². The normalized spacial score (nSPS) is 11.8. The second-order valence-corrected chi connectivity index (χ2v) is 4.27. The van der Waals surface area contributed by atoms with Crippen LogP contribution in [0, 0.1) is 0 Å². The number of nitrogens with two attached hydrogens (primary N) is 1. The van der Waals surface area contributed by atoms with E-state index in [2.05, 4.69) is 6.58 Å². The Labute approximate surface area is 112 Å². The molecule has 0 bridgehead atoms. The molecule has 2 aromatic carbocycles. The Morgan fingerprint density at radius 2 is 1.79 bits per heavy atom. The lowest BCUT2D eigenvalue weighted by Gasteiger charge is -2.12. The Morgan fingerprint density at radius 3 is 2.42 bits per heavy atom. The van der Waals surface area contributed by atoms with Gasteiger partial charge in [-0.2, -0.15) is 0 Å². The highest BCUT2D eigenvalue weighted by Gasteiger charge is 2.12. The summed E-state index contributed by atoms with van der Waals surface area (Å²) in [6.07, 6.45) is 0.926. The van der Waals surface area contributed by atoms with Gasteiger partial charge in [-0.3, -0.25) is 4.79 Å². The maximum absolute atomic E-state index is 11.1. The minimum atomic E-state index is -0.792. The van der Waals surface area contributed by atoms with Crippen LogP contribution in [0.2, 0.25) is 0 Å². The summed E-state index contributed by atoms with van der Waals surface area (Å²) in [5.74, 6) is -0.506. The van der Waals surface area contributed by atoms with Crippen LogP contribution < -0.4 is 5.73 Å². The zero-order valence-corrected chi connectivity index (χ0v) is 10.4. The molecule has 0 heterocycles. The van der Waals surface area contributed by atoms with Crippen LogP contribution in [0.25, 0.3) is 6.08 Å². The van der Waals surface area contributed by atoms with Crippen LogP contribution in [0.15, 0.2) is 55.1 Å². The Kier molecular flexibility index (Phi) is 3.78. The third-order valence-corrected chi connectivity index (χ3v) is 2.95. The highest BCUT2D eigenvalue weighted by Crippen LogP contribution is 2.23. The van der Waals surface area contributed by atoms with Crippen molar-refractivity contribution in [3.63, 3.8) is 0 Å². The number of primary amides is 1. The van der Waals surface area contributed by atoms with Gasteiger partial charge in [-0.1, -0.05) is 43.0 Å². The van der Waals surface area contributed by atoms with E-state index in [9.17, 15) is 9.90 Å². The number of carbonyl (C=O) groups is 1. The lowest BCUT2D eigenvalue weighted by atomic mass is 9.98. The fourth-order valence-electron chi connectivity index (χ4n) is 1.91. The average molecular weight is 253 g/mol. The number of hydrogen-bond donors (Lipinski definition) is 2. The SMILES string of the molecule is C=Cc1cccc(C(O)c2cccc(C(N)=O)c2)c1. The molecular weight excluding hydrogens is 238 g/mol. The van der Waals surface area contributed by atoms with Crippen molar-refractivity contribution in [3.05, 3.63) is 77.4 Å². The molecule has 0 aliphatic carbocycles. The molecule has 96 valence electrons. The van der Waals surface area contributed by atoms with E-state index < -0.39 is 12.0 Å². The van der Waals surface area contributed by atoms with Crippen molar-refractivity contribution in [1.82, 2.24) is 0 Å². The van der Waals surface area contributed by atoms with E-state index in [0.717, 1.165) is 11.1 Å². The minimum absolute atomic E-state index is 0.386. The van der Waals surface area contributed by atoms with Gasteiger partial charge in [-0.15, -0.1) is 0 Å². The first kappa shape index (κ1) is 13.1. The van der Waals surface area contributed by atoms with E-state index in [1.165, 1.54) is 0 Å². The maximum Gasteiger partial charge on any atom is 0.248 e. The summed E-state index contributed by atoms with van der Waals surface area (Å²) in [5.41, 5.74) is 7.94. The summed E-state index contributed by atoms with van der Waals surface area (Å²) in [5, 5.41) is 10.3. The number of hydrogen-bond acceptors (Lipinski definition) is 2. The van der Waals surface area contributed by atoms with Gasteiger partial charge in [0.2, 0.25) is 5.91 Å². The molecule has 0 aliphatic heterocycles. The second kappa shape index (κ2) is 5.50. The molecule has 0 aliphatic rings. The zero-order chi connectivity index (χ0) is 13.8. The number of aliphatic hydroxyl groups excluding tert-OH is 1. The largest absolute Gasteiger partial charge is 0.384 e. The predicted octanol–water partition coefficient (Wildman–Crippen LogP) is 2.51. The molecule has 1 atom stereocenters. The van der Waals surface area contributed by atoms with Gasteiger partial charge in [-0.05, 0) is 34.9 Å². The summed E-state index contributed by atoms with van der Waals surface area (Å²) in [6.45, 7) is 3.70. The van der Waals surface area contributed by atoms with Crippen LogP contribution in [0.1, 0.15) is 33.2 Å². The molecular formula is C16H15NO2. The van der Waals surface area contributed by atoms with Crippen molar-refractivity contribution in [3.8, 4) is 0 Å². The molecule has 0 radical (unpaired) electrons. The van der Waals surface area contributed by atoms with E-state index in [0.29, 0.717) is 11.1 Å². The monoisotopic (exact) mass is 253 g/mol. The second-order valence-electron chi connectivity index (χ2n) is 4.27. The maximum atomic E-state index is 11.1. The highest BCUT2D eigenvalue weighted by atomic mass is 16.3. The Bertz CT molecular complexity index is 620. The van der Waals surface area contributed by atoms with Crippen molar-refractivity contribution >= 4 is 12.0 Å². The van der Waals surface area contributed by atoms with Crippen molar-refractivity contribution in [2.24, 2.45) is 5.73 Å². The van der Waals surface area contributed by atoms with Crippen molar-refractivity contribution < 1.29 is 9.90 Å². The molecule has 0 saturated carbocycles. The van der Waals surface area contributed by atoms with Gasteiger partial charge in [0.1, 0.15) is 6.10 Å². The standard InChI is InChI=1S/C16H15NO2/c1-2-11-5-3-6-12(9-11)15(18)13-7-4-8-14(10-13)16(17)19/h2-10,15,18H,1H2,(H2,17,19). The Hall–Kier alpha value is -2.39. The number of amides is 1. The highest BCUT2D eigenvalue weighted by molar-refractivity contribution is 5.92. The fraction of sp³-hybridized carbons (Fsp3) is 0.0625. The minimum Gasteiger partial charge on any atom is -0.384 e. The first-order chi connectivity index (χ1) is 9.11. The van der Waals surface area contributed by atoms with Crippen LogP contribution in [0.4, 0.5) is 0 Å². The van der Waals surface area contributed by atoms with Crippen LogP contribution in [-0.4, -0.2) is 11.0 Å². The molecule has 0 saturated heterocycles. The van der Waals surface area contributed by atoms with Crippen LogP contribution in [0.3, 0.4) is 0 Å². The lowest BCUT2D eigenvalue weighted by Crippen LogP contribution is -2.11. The fourth-order valence-corrected chi connectivity index (χ4v) is 1.91. The van der Waals surface area contributed by atoms with E-state index in [1.54, 1.807) is 30.3 Å². The third kappa shape index (κ3) is 2.89. The molecule has 3 heteroatoms. The molecule has 1 unspecified atom stereocenters. The van der Waals surface area contributed by atoms with E-state index in [4.69, 9.17) is 5.73 Å². The average Bonchev–Trinajstić information content (AvgIpc) is 2.46. The summed E-state index contributed by atoms with van der Waals surface area (Å²) < 4.78 is 0. The number of benzene rings is 2. The number of carbonyl (C=O) groups excluding carboxylic acids is 1. The predicted molar refractivity (Wildman–Crippen MR) is 75.6 cm³/mol. The quantitative estimate of drug-likeness (QED) is 0.879. The summed E-state index contributed by atoms with van der Waals surface area (Å²) in [4.78, 5) is 11.1. The van der Waals surface area contributed by atoms with Gasteiger partial charge in [0, 0.05) is 5.56 Å². The number of rotatable bonds is 4. The van der Waals surface area contributed by atoms with Crippen LogP contribution in [-0.2, 0) is 0 Å². The molecule has 2 rings (SSSR count). The summed E-state index contributed by atoms with van der Waals surface area (Å²) in [7, 11) is 0. The van der Waals surface area contributed by atoms with Crippen LogP contribution in [0.5, 0.6) is 0 Å². The smallest absolute Gasteiger partial charge is 0.248 e. The molecule has 2 aromatic rings. The molecule has 0 spiro atoms. The third-order valence-electron chi connectivity index (χ3n) is 2.95. The summed E-state index contributed by atoms with van der Waals surface area (Å²) in [6, 6.07) is 14.1. The van der Waals surface area contributed by atoms with Crippen molar-refractivity contribution in [2.45, 2.75) is 6.10 Å². The Balaban J connectivity index is 2.37. The first-order valence-electron chi connectivity index (χ1n) is 5.92. The van der Waals surface area contributed by atoms with Gasteiger partial charge in [-0.25, -0.2) is 0 Å². The van der Waals surface area contributed by atoms with Gasteiger partial charge in [0.25, 0.3) is 0 Å². The zero-order valence-electron chi connectivity index (χ0n) is 10.4. The Morgan fingerprint density at radius 1 is 1.16 bits per heavy atom. The number of aliphatic hydroxyl groups is 1. The molecule has 3 nitrogen and oxygen atoms in total. The summed E-state index contributed by atoms with van der Waals surface area (Å²) >= 11 is 0. The van der Waals surface area contributed by atoms with Gasteiger partial charge >= 0.3 is 0 Å². The molecule has 0 aromatic heterocycles. The van der Waals surface area contributed by atoms with Crippen LogP contribution >= 0.6 is 0 Å².